The Hall–Kier alpha value is -2.52. The summed E-state index contributed by atoms with van der Waals surface area (Å²) < 4.78 is 0. The Morgan fingerprint density at radius 2 is 1.48 bits per heavy atom. The van der Waals surface area contributed by atoms with Gasteiger partial charge in [0.25, 0.3) is 5.91 Å². The fourth-order valence-electron chi connectivity index (χ4n) is 2.63. The zero-order valence-electron chi connectivity index (χ0n) is 14.5. The molecule has 0 spiro atoms. The lowest BCUT2D eigenvalue weighted by atomic mass is 10.1. The van der Waals surface area contributed by atoms with E-state index in [1.165, 1.54) is 10.5 Å². The fraction of sp³-hybridized carbons (Fsp3) is 0.136. The first-order valence-electron chi connectivity index (χ1n) is 8.28. The number of para-hydroxylation sites is 1. The summed E-state index contributed by atoms with van der Waals surface area (Å²) in [6.07, 6.45) is 0. The molecule has 0 saturated carbocycles. The highest BCUT2D eigenvalue weighted by Gasteiger charge is 2.09. The van der Waals surface area contributed by atoms with Crippen LogP contribution in [-0.2, 0) is 5.75 Å². The second-order valence-corrected chi connectivity index (χ2v) is 7.07. The third-order valence-corrected chi connectivity index (χ3v) is 5.17. The first-order chi connectivity index (χ1) is 12.1. The molecule has 3 aromatic carbocycles. The molecule has 0 aliphatic heterocycles. The molecule has 3 heteroatoms. The summed E-state index contributed by atoms with van der Waals surface area (Å²) in [6, 6.07) is 24.2. The minimum absolute atomic E-state index is 0.0698. The molecule has 0 aliphatic rings. The summed E-state index contributed by atoms with van der Waals surface area (Å²) in [5.74, 6) is 0.822. The highest BCUT2D eigenvalue weighted by atomic mass is 32.2. The minimum atomic E-state index is -0.0698. The molecule has 25 heavy (non-hydrogen) atoms. The summed E-state index contributed by atoms with van der Waals surface area (Å²) in [5, 5.41) is 3.03. The maximum Gasteiger partial charge on any atom is 0.255 e. The fourth-order valence-corrected chi connectivity index (χ4v) is 3.51. The average molecular weight is 347 g/mol. The van der Waals surface area contributed by atoms with Crippen LogP contribution in [0.1, 0.15) is 27.0 Å². The summed E-state index contributed by atoms with van der Waals surface area (Å²) in [4.78, 5) is 13.7. The molecule has 0 aromatic heterocycles. The Bertz CT molecular complexity index is 837. The van der Waals surface area contributed by atoms with Crippen LogP contribution in [0.25, 0.3) is 0 Å². The normalized spacial score (nSPS) is 10.5. The summed E-state index contributed by atoms with van der Waals surface area (Å²) in [7, 11) is 0. The van der Waals surface area contributed by atoms with Crippen LogP contribution in [0, 0.1) is 13.8 Å². The van der Waals surface area contributed by atoms with Crippen molar-refractivity contribution < 1.29 is 4.79 Å². The monoisotopic (exact) mass is 347 g/mol. The van der Waals surface area contributed by atoms with E-state index in [-0.39, 0.29) is 5.91 Å². The number of carbonyl (C=O) groups excluding carboxylic acids is 1. The molecule has 0 heterocycles. The highest BCUT2D eigenvalue weighted by Crippen LogP contribution is 2.23. The largest absolute Gasteiger partial charge is 0.322 e. The van der Waals surface area contributed by atoms with E-state index >= 15 is 0 Å². The van der Waals surface area contributed by atoms with E-state index in [0.717, 1.165) is 22.6 Å². The van der Waals surface area contributed by atoms with Crippen LogP contribution in [0.15, 0.2) is 77.7 Å². The molecule has 126 valence electrons. The van der Waals surface area contributed by atoms with Gasteiger partial charge in [0.2, 0.25) is 0 Å². The van der Waals surface area contributed by atoms with Gasteiger partial charge in [-0.1, -0.05) is 48.5 Å². The number of carbonyl (C=O) groups is 1. The SMILES string of the molecule is Cc1cccc(C)c1NC(=O)c1ccc(CSc2ccccc2)cc1. The Morgan fingerprint density at radius 1 is 0.840 bits per heavy atom. The van der Waals surface area contributed by atoms with Crippen molar-refractivity contribution in [2.75, 3.05) is 5.32 Å². The van der Waals surface area contributed by atoms with E-state index in [9.17, 15) is 4.79 Å². The lowest BCUT2D eigenvalue weighted by Crippen LogP contribution is -2.13. The van der Waals surface area contributed by atoms with E-state index in [1.807, 2.05) is 74.5 Å². The summed E-state index contributed by atoms with van der Waals surface area (Å²) in [5.41, 5.74) is 4.93. The van der Waals surface area contributed by atoms with Gasteiger partial charge >= 0.3 is 0 Å². The minimum Gasteiger partial charge on any atom is -0.322 e. The molecule has 3 aromatic rings. The number of anilines is 1. The van der Waals surface area contributed by atoms with Gasteiger partial charge < -0.3 is 5.32 Å². The van der Waals surface area contributed by atoms with E-state index in [2.05, 4.69) is 17.4 Å². The lowest BCUT2D eigenvalue weighted by molar-refractivity contribution is 0.102. The first-order valence-corrected chi connectivity index (χ1v) is 9.26. The second kappa shape index (κ2) is 8.04. The van der Waals surface area contributed by atoms with Crippen molar-refractivity contribution in [3.63, 3.8) is 0 Å². The van der Waals surface area contributed by atoms with Crippen molar-refractivity contribution in [3.05, 3.63) is 95.1 Å². The number of nitrogens with one attached hydrogen (secondary N) is 1. The summed E-state index contributed by atoms with van der Waals surface area (Å²) in [6.45, 7) is 4.01. The molecule has 1 N–H and O–H groups in total. The van der Waals surface area contributed by atoms with Gasteiger partial charge in [0.05, 0.1) is 0 Å². The van der Waals surface area contributed by atoms with Gasteiger partial charge in [0, 0.05) is 21.9 Å². The van der Waals surface area contributed by atoms with Gasteiger partial charge in [0.15, 0.2) is 0 Å². The van der Waals surface area contributed by atoms with Crippen molar-refractivity contribution >= 4 is 23.4 Å². The Kier molecular flexibility index (Phi) is 5.56. The summed E-state index contributed by atoms with van der Waals surface area (Å²) >= 11 is 1.79. The number of amides is 1. The van der Waals surface area contributed by atoms with Crippen molar-refractivity contribution in [1.29, 1.82) is 0 Å². The van der Waals surface area contributed by atoms with Crippen LogP contribution in [0.4, 0.5) is 5.69 Å². The lowest BCUT2D eigenvalue weighted by Gasteiger charge is -2.11. The number of hydrogen-bond acceptors (Lipinski definition) is 2. The molecule has 3 rings (SSSR count). The zero-order chi connectivity index (χ0) is 17.6. The maximum atomic E-state index is 12.5. The third-order valence-electron chi connectivity index (χ3n) is 4.08. The molecule has 0 saturated heterocycles. The van der Waals surface area contributed by atoms with E-state index in [0.29, 0.717) is 5.56 Å². The van der Waals surface area contributed by atoms with Crippen LogP contribution in [-0.4, -0.2) is 5.91 Å². The van der Waals surface area contributed by atoms with Crippen LogP contribution < -0.4 is 5.32 Å². The quantitative estimate of drug-likeness (QED) is 0.587. The highest BCUT2D eigenvalue weighted by molar-refractivity contribution is 7.98. The van der Waals surface area contributed by atoms with Crippen LogP contribution in [0.5, 0.6) is 0 Å². The van der Waals surface area contributed by atoms with Gasteiger partial charge in [-0.15, -0.1) is 11.8 Å². The number of thioether (sulfide) groups is 1. The molecule has 0 unspecified atom stereocenters. The first kappa shape index (κ1) is 17.3. The number of hydrogen-bond donors (Lipinski definition) is 1. The molecule has 2 nitrogen and oxygen atoms in total. The molecular weight excluding hydrogens is 326 g/mol. The van der Waals surface area contributed by atoms with Crippen LogP contribution >= 0.6 is 11.8 Å². The van der Waals surface area contributed by atoms with Crippen molar-refractivity contribution in [3.8, 4) is 0 Å². The maximum absolute atomic E-state index is 12.5. The number of rotatable bonds is 5. The van der Waals surface area contributed by atoms with E-state index in [4.69, 9.17) is 0 Å². The van der Waals surface area contributed by atoms with Gasteiger partial charge in [-0.05, 0) is 54.8 Å². The Labute approximate surface area is 153 Å². The Balaban J connectivity index is 1.64. The topological polar surface area (TPSA) is 29.1 Å². The van der Waals surface area contributed by atoms with Crippen molar-refractivity contribution in [1.82, 2.24) is 0 Å². The molecule has 0 aliphatic carbocycles. The average Bonchev–Trinajstić information content (AvgIpc) is 2.64. The van der Waals surface area contributed by atoms with E-state index in [1.54, 1.807) is 11.8 Å². The second-order valence-electron chi connectivity index (χ2n) is 6.02. The molecule has 0 radical (unpaired) electrons. The number of aryl methyl sites for hydroxylation is 2. The third kappa shape index (κ3) is 4.52. The van der Waals surface area contributed by atoms with Crippen LogP contribution in [0.2, 0.25) is 0 Å². The smallest absolute Gasteiger partial charge is 0.255 e. The van der Waals surface area contributed by atoms with Crippen molar-refractivity contribution in [2.45, 2.75) is 24.5 Å². The molecule has 0 fully saturated rings. The van der Waals surface area contributed by atoms with Crippen LogP contribution in [0.3, 0.4) is 0 Å². The molecule has 0 atom stereocenters. The predicted octanol–water partition coefficient (Wildman–Crippen LogP) is 5.85. The van der Waals surface area contributed by atoms with Gasteiger partial charge in [0.1, 0.15) is 0 Å². The zero-order valence-corrected chi connectivity index (χ0v) is 15.3. The van der Waals surface area contributed by atoms with Crippen molar-refractivity contribution in [2.24, 2.45) is 0 Å². The van der Waals surface area contributed by atoms with Gasteiger partial charge in [-0.25, -0.2) is 0 Å². The Morgan fingerprint density at radius 3 is 2.12 bits per heavy atom. The molecule has 0 bridgehead atoms. The molecular formula is C22H21NOS. The van der Waals surface area contributed by atoms with E-state index < -0.39 is 0 Å². The van der Waals surface area contributed by atoms with Gasteiger partial charge in [-0.2, -0.15) is 0 Å². The van der Waals surface area contributed by atoms with Gasteiger partial charge in [-0.3, -0.25) is 4.79 Å². The predicted molar refractivity (Wildman–Crippen MR) is 106 cm³/mol. The standard InChI is InChI=1S/C22H21NOS/c1-16-7-6-8-17(2)21(16)23-22(24)19-13-11-18(12-14-19)15-25-20-9-4-3-5-10-20/h3-14H,15H2,1-2H3,(H,23,24). The number of benzene rings is 3. The molecule has 1 amide bonds.